The number of piperazine rings is 1. The number of fused-ring (bicyclic) bond motifs is 1. The predicted molar refractivity (Wildman–Crippen MR) is 333 cm³/mol. The SMILES string of the molecule is CCCCCC(=O)NCCOCCNC(=O)CCC(=O)CNCC[C@H](NC(=O)[C@@H](NC(=O)COCCOCCOCCOCCOCCOC)[C@@H](C)CC)C(=O)N1CCN(c2ccc3ncn(CC(=O)N[C@@H](CCCN=C(N)N)C(=O)NC)c(=O)c3c2)CC1. The molecule has 3 rings (SSSR count). The summed E-state index contributed by atoms with van der Waals surface area (Å²) in [6, 6.07) is 2.18. The normalized spacial score (nSPS) is 13.6. The van der Waals surface area contributed by atoms with Gasteiger partial charge < -0.3 is 91.6 Å². The molecule has 30 nitrogen and oxygen atoms in total. The minimum atomic E-state index is -1.08. The number of aromatic nitrogens is 2. The Balaban J connectivity index is 1.60. The maximum absolute atomic E-state index is 14.5. The maximum Gasteiger partial charge on any atom is 0.261 e. The molecule has 1 aromatic carbocycles. The summed E-state index contributed by atoms with van der Waals surface area (Å²) in [5.74, 6) is -3.52. The molecule has 502 valence electrons. The molecule has 1 saturated heterocycles. The van der Waals surface area contributed by atoms with E-state index in [1.165, 1.54) is 13.4 Å². The first-order valence-corrected chi connectivity index (χ1v) is 30.9. The fourth-order valence-corrected chi connectivity index (χ4v) is 8.98. The number of benzene rings is 1. The van der Waals surface area contributed by atoms with Crippen molar-refractivity contribution in [3.63, 3.8) is 0 Å². The van der Waals surface area contributed by atoms with Gasteiger partial charge in [0.25, 0.3) is 5.56 Å². The van der Waals surface area contributed by atoms with Crippen LogP contribution in [0.1, 0.15) is 85.0 Å². The van der Waals surface area contributed by atoms with Crippen LogP contribution >= 0.6 is 0 Å². The van der Waals surface area contributed by atoms with E-state index in [2.05, 4.69) is 54.1 Å². The van der Waals surface area contributed by atoms with E-state index in [4.69, 9.17) is 44.6 Å². The molecule has 0 unspecified atom stereocenters. The molecule has 2 aromatic rings. The lowest BCUT2D eigenvalue weighted by molar-refractivity contribution is -0.138. The summed E-state index contributed by atoms with van der Waals surface area (Å²) in [6.45, 7) is 11.3. The van der Waals surface area contributed by atoms with Crippen molar-refractivity contribution in [3.05, 3.63) is 34.9 Å². The van der Waals surface area contributed by atoms with E-state index in [1.807, 2.05) is 24.8 Å². The Morgan fingerprint density at radius 3 is 1.89 bits per heavy atom. The van der Waals surface area contributed by atoms with E-state index < -0.39 is 53.9 Å². The molecule has 0 saturated carbocycles. The van der Waals surface area contributed by atoms with Crippen LogP contribution in [0.3, 0.4) is 0 Å². The zero-order valence-corrected chi connectivity index (χ0v) is 52.9. The van der Waals surface area contributed by atoms with Crippen molar-refractivity contribution in [2.24, 2.45) is 22.4 Å². The molecule has 1 aliphatic rings. The van der Waals surface area contributed by atoms with Gasteiger partial charge in [0.1, 0.15) is 37.1 Å². The van der Waals surface area contributed by atoms with E-state index in [-0.39, 0.29) is 132 Å². The third-order valence-electron chi connectivity index (χ3n) is 14.2. The topological polar surface area (TPSA) is 391 Å². The van der Waals surface area contributed by atoms with Crippen LogP contribution in [0.5, 0.6) is 0 Å². The molecule has 89 heavy (non-hydrogen) atoms. The van der Waals surface area contributed by atoms with Crippen LogP contribution in [-0.4, -0.2) is 245 Å². The van der Waals surface area contributed by atoms with Crippen LogP contribution in [-0.2, 0) is 78.1 Å². The number of hydrogen-bond donors (Lipinski definition) is 9. The first-order chi connectivity index (χ1) is 43.0. The number of methoxy groups -OCH3 is 1. The van der Waals surface area contributed by atoms with Crippen LogP contribution in [0.25, 0.3) is 10.9 Å². The number of nitrogens with one attached hydrogen (secondary N) is 7. The van der Waals surface area contributed by atoms with Gasteiger partial charge in [0.2, 0.25) is 41.4 Å². The Morgan fingerprint density at radius 1 is 0.663 bits per heavy atom. The number of likely N-dealkylation sites (N-methyl/N-ethyl adjacent to an activating group) is 1. The number of unbranched alkanes of at least 4 members (excludes halogenated alkanes) is 2. The highest BCUT2D eigenvalue weighted by Gasteiger charge is 2.33. The Labute approximate surface area is 522 Å². The molecule has 2 heterocycles. The number of nitrogens with two attached hydrogens (primary N) is 2. The number of carbonyl (C=O) groups is 8. The van der Waals surface area contributed by atoms with E-state index in [9.17, 15) is 43.2 Å². The van der Waals surface area contributed by atoms with Gasteiger partial charge in [-0.3, -0.25) is 52.7 Å². The molecule has 0 radical (unpaired) electrons. The third-order valence-corrected chi connectivity index (χ3v) is 14.2. The van der Waals surface area contributed by atoms with Crippen molar-refractivity contribution in [2.75, 3.05) is 164 Å². The lowest BCUT2D eigenvalue weighted by Crippen LogP contribution is -2.59. The van der Waals surface area contributed by atoms with Crippen LogP contribution in [0.2, 0.25) is 0 Å². The van der Waals surface area contributed by atoms with E-state index in [0.717, 1.165) is 23.8 Å². The molecule has 7 amide bonds. The van der Waals surface area contributed by atoms with Gasteiger partial charge in [-0.1, -0.05) is 40.0 Å². The van der Waals surface area contributed by atoms with Gasteiger partial charge in [0.05, 0.1) is 103 Å². The second-order valence-corrected chi connectivity index (χ2v) is 21.1. The van der Waals surface area contributed by atoms with Gasteiger partial charge >= 0.3 is 0 Å². The molecule has 0 aliphatic carbocycles. The average molecular weight is 1260 g/mol. The molecule has 30 heteroatoms. The van der Waals surface area contributed by atoms with Crippen molar-refractivity contribution < 1.29 is 71.5 Å². The number of guanidine groups is 1. The van der Waals surface area contributed by atoms with E-state index in [0.29, 0.717) is 110 Å². The number of nitrogens with zero attached hydrogens (tertiary/aromatic N) is 5. The van der Waals surface area contributed by atoms with Crippen molar-refractivity contribution in [1.29, 1.82) is 0 Å². The van der Waals surface area contributed by atoms with Crippen LogP contribution in [0.15, 0.2) is 34.3 Å². The van der Waals surface area contributed by atoms with Crippen LogP contribution in [0, 0.1) is 5.92 Å². The quantitative estimate of drug-likeness (QED) is 0.0201. The molecular formula is C59H100N14O16. The molecule has 1 aliphatic heterocycles. The second-order valence-electron chi connectivity index (χ2n) is 21.1. The minimum absolute atomic E-state index is 0.0192. The van der Waals surface area contributed by atoms with Crippen molar-refractivity contribution in [3.8, 4) is 0 Å². The van der Waals surface area contributed by atoms with E-state index in [1.54, 1.807) is 24.1 Å². The summed E-state index contributed by atoms with van der Waals surface area (Å²) >= 11 is 0. The molecule has 4 atom stereocenters. The summed E-state index contributed by atoms with van der Waals surface area (Å²) in [5.41, 5.74) is 11.4. The summed E-state index contributed by atoms with van der Waals surface area (Å²) in [7, 11) is 3.06. The smallest absolute Gasteiger partial charge is 0.261 e. The summed E-state index contributed by atoms with van der Waals surface area (Å²) < 4.78 is 39.0. The molecular weight excluding hydrogens is 1160 g/mol. The number of anilines is 1. The highest BCUT2D eigenvalue weighted by Crippen LogP contribution is 2.21. The monoisotopic (exact) mass is 1260 g/mol. The molecule has 11 N–H and O–H groups in total. The van der Waals surface area contributed by atoms with Gasteiger partial charge in [-0.05, 0) is 56.3 Å². The number of ketones is 1. The number of hydrogen-bond acceptors (Lipinski definition) is 20. The molecule has 1 aromatic heterocycles. The fraction of sp³-hybridized carbons (Fsp3) is 0.712. The minimum Gasteiger partial charge on any atom is -0.382 e. The Hall–Kier alpha value is -6.93. The first kappa shape index (κ1) is 76.3. The van der Waals surface area contributed by atoms with Gasteiger partial charge in [-0.2, -0.15) is 0 Å². The second kappa shape index (κ2) is 46.2. The average Bonchev–Trinajstić information content (AvgIpc) is 1.18. The van der Waals surface area contributed by atoms with Crippen molar-refractivity contribution in [1.82, 2.24) is 51.7 Å². The van der Waals surface area contributed by atoms with Gasteiger partial charge in [-0.15, -0.1) is 0 Å². The number of ether oxygens (including phenoxy) is 7. The fourth-order valence-electron chi connectivity index (χ4n) is 8.98. The summed E-state index contributed by atoms with van der Waals surface area (Å²) in [5, 5.41) is 19.7. The summed E-state index contributed by atoms with van der Waals surface area (Å²) in [6.07, 6.45) is 5.78. The number of amides is 7. The van der Waals surface area contributed by atoms with E-state index >= 15 is 0 Å². The van der Waals surface area contributed by atoms with Crippen molar-refractivity contribution in [2.45, 2.75) is 110 Å². The maximum atomic E-state index is 14.5. The zero-order chi connectivity index (χ0) is 65.0. The number of Topliss-reactive ketones (excluding diaryl/α,β-unsaturated/α-hetero) is 1. The highest BCUT2D eigenvalue weighted by molar-refractivity contribution is 5.93. The van der Waals surface area contributed by atoms with Crippen molar-refractivity contribution >= 4 is 69.7 Å². The molecule has 1 fully saturated rings. The Kier molecular flexibility index (Phi) is 39.6. The van der Waals surface area contributed by atoms with Gasteiger partial charge in [0, 0.05) is 84.9 Å². The Bertz CT molecular complexity index is 2530. The number of rotatable bonds is 50. The van der Waals surface area contributed by atoms with Crippen LogP contribution in [0.4, 0.5) is 5.69 Å². The number of carbonyl (C=O) groups excluding carboxylic acids is 8. The highest BCUT2D eigenvalue weighted by atomic mass is 16.6. The lowest BCUT2D eigenvalue weighted by Gasteiger charge is -2.38. The number of aliphatic imine (C=N–C) groups is 1. The van der Waals surface area contributed by atoms with Gasteiger partial charge in [0.15, 0.2) is 5.96 Å². The molecule has 0 bridgehead atoms. The molecule has 0 spiro atoms. The Morgan fingerprint density at radius 2 is 1.28 bits per heavy atom. The van der Waals surface area contributed by atoms with Crippen LogP contribution < -0.4 is 59.1 Å². The third kappa shape index (κ3) is 32.4. The zero-order valence-electron chi connectivity index (χ0n) is 52.9. The lowest BCUT2D eigenvalue weighted by atomic mass is 9.97. The first-order valence-electron chi connectivity index (χ1n) is 30.9. The largest absolute Gasteiger partial charge is 0.382 e. The standard InChI is InChI=1S/C59H100N14O16/c1-6-8-9-12-50(75)64-20-26-84-27-21-65-51(76)16-14-45(74)39-63-19-17-49(69-56(80)54(43(3)7-2)70-53(78)41-89-37-36-88-35-34-87-33-32-86-31-30-85-29-28-83-5)58(82)72-24-22-71(23-25-72)44-13-15-47-46(38-44)57(81)73(42-67-47)40-52(77)68-48(55(79)62-4)11-10-18-66-59(60)61/h13,15,38,42-43,48-49,54,63H,6-12,14,16-37,39-41H2,1-5H3,(H,62,79)(H,64,75)(H,65,76)(H,68,77)(H,69,80)(H,70,78)(H4,60,61,66)/t43-,48-,49-,54-/m0/s1. The predicted octanol–water partition coefficient (Wildman–Crippen LogP) is -1.77. The summed E-state index contributed by atoms with van der Waals surface area (Å²) in [4.78, 5) is 131. The van der Waals surface area contributed by atoms with Gasteiger partial charge in [-0.25, -0.2) is 4.98 Å².